The number of fused-ring (bicyclic) bond motifs is 13. The van der Waals surface area contributed by atoms with Crippen molar-refractivity contribution < 1.29 is 0 Å². The summed E-state index contributed by atoms with van der Waals surface area (Å²) < 4.78 is 2.64. The van der Waals surface area contributed by atoms with Crippen LogP contribution in [-0.4, -0.2) is 0 Å². The fourth-order valence-corrected chi connectivity index (χ4v) is 10.6. The minimum absolute atomic E-state index is 0.258. The summed E-state index contributed by atoms with van der Waals surface area (Å²) in [7, 11) is 0. The van der Waals surface area contributed by atoms with Gasteiger partial charge in [-0.2, -0.15) is 0 Å². The van der Waals surface area contributed by atoms with Crippen LogP contribution in [0.15, 0.2) is 188 Å². The van der Waals surface area contributed by atoms with Gasteiger partial charge in [-0.05, 0) is 87.0 Å². The Morgan fingerprint density at radius 2 is 1.18 bits per heavy atom. The molecular weight excluding hydrogens is 635 g/mol. The van der Waals surface area contributed by atoms with Crippen LogP contribution in [-0.2, 0) is 5.41 Å². The molecule has 1 aromatic heterocycles. The monoisotopic (exact) mass is 667 g/mol. The van der Waals surface area contributed by atoms with Gasteiger partial charge in [0.2, 0.25) is 0 Å². The minimum Gasteiger partial charge on any atom is -0.310 e. The lowest BCUT2D eigenvalue weighted by Gasteiger charge is -2.39. The van der Waals surface area contributed by atoms with Crippen molar-refractivity contribution >= 4 is 48.6 Å². The topological polar surface area (TPSA) is 3.24 Å². The third-order valence-electron chi connectivity index (χ3n) is 11.6. The van der Waals surface area contributed by atoms with E-state index in [1.54, 1.807) is 0 Å². The molecule has 0 fully saturated rings. The van der Waals surface area contributed by atoms with Gasteiger partial charge in [0.25, 0.3) is 0 Å². The maximum atomic E-state index is 2.53. The Bertz CT molecular complexity index is 2710. The van der Waals surface area contributed by atoms with E-state index in [0.717, 1.165) is 5.69 Å². The second-order valence-electron chi connectivity index (χ2n) is 14.0. The van der Waals surface area contributed by atoms with Gasteiger partial charge in [-0.15, -0.1) is 11.3 Å². The van der Waals surface area contributed by atoms with E-state index in [-0.39, 0.29) is 11.3 Å². The highest BCUT2D eigenvalue weighted by molar-refractivity contribution is 7.25. The molecule has 11 rings (SSSR count). The predicted molar refractivity (Wildman–Crippen MR) is 216 cm³/mol. The third-order valence-corrected chi connectivity index (χ3v) is 12.7. The zero-order chi connectivity index (χ0) is 33.5. The fourth-order valence-electron chi connectivity index (χ4n) is 9.55. The van der Waals surface area contributed by atoms with Crippen LogP contribution in [0.2, 0.25) is 0 Å². The highest BCUT2D eigenvalue weighted by atomic mass is 32.1. The van der Waals surface area contributed by atoms with Crippen LogP contribution in [0.3, 0.4) is 0 Å². The highest BCUT2D eigenvalue weighted by Gasteiger charge is 2.58. The number of thiophene rings is 1. The Morgan fingerprint density at radius 3 is 2.08 bits per heavy atom. The van der Waals surface area contributed by atoms with Crippen molar-refractivity contribution in [2.75, 3.05) is 4.90 Å². The Kier molecular flexibility index (Phi) is 6.23. The molecule has 2 heteroatoms. The van der Waals surface area contributed by atoms with Crippen LogP contribution >= 0.6 is 11.3 Å². The van der Waals surface area contributed by atoms with Crippen molar-refractivity contribution in [2.45, 2.75) is 11.3 Å². The molecule has 0 radical (unpaired) electrons. The first-order chi connectivity index (χ1) is 25.3. The first kappa shape index (κ1) is 28.8. The van der Waals surface area contributed by atoms with Crippen molar-refractivity contribution in [1.82, 2.24) is 0 Å². The molecule has 0 amide bonds. The van der Waals surface area contributed by atoms with E-state index in [1.165, 1.54) is 76.1 Å². The molecule has 1 heterocycles. The molecule has 3 unspecified atom stereocenters. The second-order valence-corrected chi connectivity index (χ2v) is 15.1. The summed E-state index contributed by atoms with van der Waals surface area (Å²) in [4.78, 5) is 2.53. The molecule has 3 aliphatic carbocycles. The first-order valence-corrected chi connectivity index (χ1v) is 18.7. The Hall–Kier alpha value is -5.96. The smallest absolute Gasteiger partial charge is 0.0558 e. The lowest BCUT2D eigenvalue weighted by molar-refractivity contribution is 0.466. The largest absolute Gasteiger partial charge is 0.310 e. The van der Waals surface area contributed by atoms with Crippen LogP contribution in [0.1, 0.15) is 28.2 Å². The van der Waals surface area contributed by atoms with E-state index < -0.39 is 0 Å². The van der Waals surface area contributed by atoms with Gasteiger partial charge in [-0.25, -0.2) is 0 Å². The van der Waals surface area contributed by atoms with Crippen LogP contribution in [0, 0.1) is 5.92 Å². The van der Waals surface area contributed by atoms with E-state index in [2.05, 4.69) is 193 Å². The SMILES string of the molecule is C1=CC2c3ccccc3C3(c4ccccc4-c4cccc(N(c5ccc(-c6ccccc6)cc5)c5ccc6sc7ccccc7c6c5)c43)C2C=C1. The maximum absolute atomic E-state index is 2.53. The molecule has 1 nitrogen and oxygen atoms in total. The van der Waals surface area contributed by atoms with E-state index in [1.807, 2.05) is 11.3 Å². The second kappa shape index (κ2) is 11.0. The van der Waals surface area contributed by atoms with E-state index in [4.69, 9.17) is 0 Å². The predicted octanol–water partition coefficient (Wildman–Crippen LogP) is 13.3. The molecule has 0 saturated heterocycles. The van der Waals surface area contributed by atoms with Crippen LogP contribution in [0.5, 0.6) is 0 Å². The van der Waals surface area contributed by atoms with Crippen molar-refractivity contribution in [1.29, 1.82) is 0 Å². The first-order valence-electron chi connectivity index (χ1n) is 17.9. The summed E-state index contributed by atoms with van der Waals surface area (Å²) in [6.45, 7) is 0. The van der Waals surface area contributed by atoms with Gasteiger partial charge in [0.1, 0.15) is 0 Å². The number of hydrogen-bond acceptors (Lipinski definition) is 2. The Labute approximate surface area is 302 Å². The third kappa shape index (κ3) is 4.03. The lowest BCUT2D eigenvalue weighted by Crippen LogP contribution is -2.34. The molecule has 3 atom stereocenters. The molecule has 7 aromatic carbocycles. The zero-order valence-corrected chi connectivity index (χ0v) is 28.7. The average Bonchev–Trinajstić information content (AvgIpc) is 3.83. The van der Waals surface area contributed by atoms with Crippen LogP contribution in [0.4, 0.5) is 17.1 Å². The van der Waals surface area contributed by atoms with Gasteiger partial charge in [0.05, 0.1) is 11.1 Å². The quantitative estimate of drug-likeness (QED) is 0.181. The van der Waals surface area contributed by atoms with E-state index in [0.29, 0.717) is 5.92 Å². The van der Waals surface area contributed by atoms with Gasteiger partial charge in [0.15, 0.2) is 0 Å². The van der Waals surface area contributed by atoms with Crippen LogP contribution in [0.25, 0.3) is 42.4 Å². The number of nitrogens with zero attached hydrogens (tertiary/aromatic N) is 1. The molecule has 0 aliphatic heterocycles. The molecule has 0 N–H and O–H groups in total. The number of allylic oxidation sites excluding steroid dienone is 4. The molecule has 8 aromatic rings. The number of hydrogen-bond donors (Lipinski definition) is 0. The minimum atomic E-state index is -0.341. The standard InChI is InChI=1S/C49H33NS/c1-2-13-32(14-3-1)33-25-27-34(28-26-33)50(35-29-30-47-41(31-35)39-18-7-11-24-46(39)51-47)45-23-12-19-40-38-17-6-10-22-44(38)49(48(40)45)42-20-8-4-15-36(42)37-16-5-9-21-43(37)49/h1-31,36,42H. The number of anilines is 3. The molecule has 0 saturated carbocycles. The van der Waals surface area contributed by atoms with Gasteiger partial charge in [-0.3, -0.25) is 0 Å². The zero-order valence-electron chi connectivity index (χ0n) is 27.9. The summed E-state index contributed by atoms with van der Waals surface area (Å²) in [5.41, 5.74) is 14.0. The summed E-state index contributed by atoms with van der Waals surface area (Å²) >= 11 is 1.87. The van der Waals surface area contributed by atoms with Crippen molar-refractivity contribution in [3.8, 4) is 22.3 Å². The van der Waals surface area contributed by atoms with Crippen molar-refractivity contribution in [3.63, 3.8) is 0 Å². The van der Waals surface area contributed by atoms with Gasteiger partial charge >= 0.3 is 0 Å². The summed E-state index contributed by atoms with van der Waals surface area (Å²) in [6.07, 6.45) is 9.42. The molecule has 0 bridgehead atoms. The van der Waals surface area contributed by atoms with Crippen molar-refractivity contribution in [3.05, 3.63) is 210 Å². The summed E-state index contributed by atoms with van der Waals surface area (Å²) in [5, 5.41) is 2.61. The fraction of sp³-hybridized carbons (Fsp3) is 0.0612. The molecule has 1 spiro atoms. The highest BCUT2D eigenvalue weighted by Crippen LogP contribution is 2.67. The van der Waals surface area contributed by atoms with Crippen molar-refractivity contribution in [2.24, 2.45) is 5.92 Å². The average molecular weight is 668 g/mol. The van der Waals surface area contributed by atoms with E-state index in [9.17, 15) is 0 Å². The molecule has 240 valence electrons. The lowest BCUT2D eigenvalue weighted by atomic mass is 9.65. The molecule has 51 heavy (non-hydrogen) atoms. The normalized spacial score (nSPS) is 19.3. The molecule has 3 aliphatic rings. The molecular formula is C49H33NS. The summed E-state index contributed by atoms with van der Waals surface area (Å²) in [6, 6.07) is 61.1. The van der Waals surface area contributed by atoms with Gasteiger partial charge in [-0.1, -0.05) is 146 Å². The van der Waals surface area contributed by atoms with Crippen LogP contribution < -0.4 is 4.90 Å². The maximum Gasteiger partial charge on any atom is 0.0558 e. The number of rotatable bonds is 4. The number of benzene rings is 7. The summed E-state index contributed by atoms with van der Waals surface area (Å²) in [5.74, 6) is 0.569. The Balaban J connectivity index is 1.21. The van der Waals surface area contributed by atoms with Gasteiger partial charge < -0.3 is 4.90 Å². The van der Waals surface area contributed by atoms with Gasteiger partial charge in [0, 0.05) is 43.4 Å². The van der Waals surface area contributed by atoms with E-state index >= 15 is 0 Å². The Morgan fingerprint density at radius 1 is 0.490 bits per heavy atom.